The lowest BCUT2D eigenvalue weighted by molar-refractivity contribution is 0.0953. The summed E-state index contributed by atoms with van der Waals surface area (Å²) in [5.74, 6) is -0.193. The zero-order valence-electron chi connectivity index (χ0n) is 15.3. The summed E-state index contributed by atoms with van der Waals surface area (Å²) in [6, 6.07) is 22.9. The van der Waals surface area contributed by atoms with Crippen molar-refractivity contribution in [2.24, 2.45) is 0 Å². The van der Waals surface area contributed by atoms with Gasteiger partial charge in [0.1, 0.15) is 5.69 Å². The largest absolute Gasteiger partial charge is 0.348 e. The van der Waals surface area contributed by atoms with Gasteiger partial charge in [-0.05, 0) is 30.7 Å². The van der Waals surface area contributed by atoms with Crippen LogP contribution in [-0.2, 0) is 6.54 Å². The summed E-state index contributed by atoms with van der Waals surface area (Å²) in [5.41, 5.74) is 4.72. The van der Waals surface area contributed by atoms with Gasteiger partial charge in [-0.15, -0.1) is 10.2 Å². The maximum Gasteiger partial charge on any atom is 0.254 e. The molecule has 0 bridgehead atoms. The summed E-state index contributed by atoms with van der Waals surface area (Å²) >= 11 is 6.04. The number of aryl methyl sites for hydroxylation is 1. The first-order valence-corrected chi connectivity index (χ1v) is 9.35. The number of rotatable bonds is 4. The molecule has 1 amide bonds. The lowest BCUT2D eigenvalue weighted by atomic mass is 10.0. The Hall–Kier alpha value is -3.24. The second kappa shape index (κ2) is 7.79. The fourth-order valence-corrected chi connectivity index (χ4v) is 3.33. The van der Waals surface area contributed by atoms with Crippen molar-refractivity contribution in [1.29, 1.82) is 0 Å². The number of nitrogens with one attached hydrogen (secondary N) is 1. The molecule has 0 radical (unpaired) electrons. The van der Waals surface area contributed by atoms with E-state index >= 15 is 0 Å². The van der Waals surface area contributed by atoms with Gasteiger partial charge in [0, 0.05) is 22.5 Å². The molecule has 4 nitrogen and oxygen atoms in total. The molecule has 4 aromatic rings. The van der Waals surface area contributed by atoms with Gasteiger partial charge in [-0.2, -0.15) is 0 Å². The first kappa shape index (κ1) is 18.1. The van der Waals surface area contributed by atoms with Gasteiger partial charge in [0.2, 0.25) is 0 Å². The number of halogens is 1. The first-order valence-electron chi connectivity index (χ1n) is 8.97. The highest BCUT2D eigenvalue weighted by Gasteiger charge is 2.19. The van der Waals surface area contributed by atoms with E-state index < -0.39 is 0 Å². The van der Waals surface area contributed by atoms with E-state index in [0.29, 0.717) is 28.3 Å². The summed E-state index contributed by atoms with van der Waals surface area (Å²) < 4.78 is 0. The van der Waals surface area contributed by atoms with Crippen LogP contribution in [0.25, 0.3) is 22.2 Å². The number of aromatic nitrogens is 2. The Balaban J connectivity index is 1.75. The number of nitrogens with zero attached hydrogens (tertiary/aromatic N) is 2. The van der Waals surface area contributed by atoms with Crippen LogP contribution in [0.5, 0.6) is 0 Å². The molecule has 0 aliphatic heterocycles. The second-order valence-electron chi connectivity index (χ2n) is 6.62. The molecule has 5 heteroatoms. The summed E-state index contributed by atoms with van der Waals surface area (Å²) in [6.07, 6.45) is 0. The van der Waals surface area contributed by atoms with Crippen LogP contribution in [0.1, 0.15) is 21.5 Å². The van der Waals surface area contributed by atoms with Crippen LogP contribution < -0.4 is 5.32 Å². The van der Waals surface area contributed by atoms with E-state index in [-0.39, 0.29) is 5.91 Å². The average molecular weight is 388 g/mol. The molecule has 0 fully saturated rings. The number of amides is 1. The van der Waals surface area contributed by atoms with E-state index in [1.807, 2.05) is 79.7 Å². The maximum absolute atomic E-state index is 13.2. The fourth-order valence-electron chi connectivity index (χ4n) is 3.11. The van der Waals surface area contributed by atoms with Crippen LogP contribution in [0.2, 0.25) is 5.02 Å². The van der Waals surface area contributed by atoms with Crippen LogP contribution in [-0.4, -0.2) is 16.1 Å². The Morgan fingerprint density at radius 3 is 2.54 bits per heavy atom. The first-order chi connectivity index (χ1) is 13.6. The Morgan fingerprint density at radius 1 is 0.964 bits per heavy atom. The standard InChI is InChI=1S/C23H18ClN3O/c1-15-9-11-17(12-10-15)22-21(19-7-2-3-8-20(19)26-27-22)23(28)25-14-16-5-4-6-18(24)13-16/h2-13H,14H2,1H3,(H,25,28). The molecule has 0 unspecified atom stereocenters. The van der Waals surface area contributed by atoms with Crippen LogP contribution in [0.15, 0.2) is 72.8 Å². The highest BCUT2D eigenvalue weighted by Crippen LogP contribution is 2.27. The van der Waals surface area contributed by atoms with E-state index in [4.69, 9.17) is 11.6 Å². The molecule has 0 aliphatic rings. The van der Waals surface area contributed by atoms with Crippen molar-refractivity contribution < 1.29 is 4.79 Å². The van der Waals surface area contributed by atoms with Crippen molar-refractivity contribution in [3.8, 4) is 11.3 Å². The van der Waals surface area contributed by atoms with Gasteiger partial charge in [0.05, 0.1) is 11.1 Å². The minimum absolute atomic E-state index is 0.193. The van der Waals surface area contributed by atoms with E-state index in [1.165, 1.54) is 0 Å². The van der Waals surface area contributed by atoms with E-state index in [1.54, 1.807) is 0 Å². The number of benzene rings is 3. The normalized spacial score (nSPS) is 10.8. The van der Waals surface area contributed by atoms with Crippen molar-refractivity contribution in [3.63, 3.8) is 0 Å². The van der Waals surface area contributed by atoms with E-state index in [9.17, 15) is 4.79 Å². The molecule has 1 heterocycles. The fraction of sp³-hybridized carbons (Fsp3) is 0.0870. The minimum atomic E-state index is -0.193. The number of fused-ring (bicyclic) bond motifs is 1. The number of hydrogen-bond donors (Lipinski definition) is 1. The summed E-state index contributed by atoms with van der Waals surface area (Å²) in [7, 11) is 0. The average Bonchev–Trinajstić information content (AvgIpc) is 2.72. The SMILES string of the molecule is Cc1ccc(-c2nnc3ccccc3c2C(=O)NCc2cccc(Cl)c2)cc1. The lowest BCUT2D eigenvalue weighted by Crippen LogP contribution is -2.24. The zero-order chi connectivity index (χ0) is 19.5. The van der Waals surface area contributed by atoms with Crippen LogP contribution in [0, 0.1) is 6.92 Å². The third-order valence-corrected chi connectivity index (χ3v) is 4.80. The highest BCUT2D eigenvalue weighted by atomic mass is 35.5. The minimum Gasteiger partial charge on any atom is -0.348 e. The number of carbonyl (C=O) groups is 1. The molecule has 3 aromatic carbocycles. The van der Waals surface area contributed by atoms with E-state index in [2.05, 4.69) is 15.5 Å². The van der Waals surface area contributed by atoms with Gasteiger partial charge in [0.25, 0.3) is 5.91 Å². The second-order valence-corrected chi connectivity index (χ2v) is 7.06. The Kier molecular flexibility index (Phi) is 5.04. The third kappa shape index (κ3) is 3.73. The zero-order valence-corrected chi connectivity index (χ0v) is 16.1. The van der Waals surface area contributed by atoms with Crippen molar-refractivity contribution in [2.45, 2.75) is 13.5 Å². The van der Waals surface area contributed by atoms with Crippen molar-refractivity contribution >= 4 is 28.4 Å². The van der Waals surface area contributed by atoms with Crippen LogP contribution in [0.4, 0.5) is 0 Å². The molecule has 138 valence electrons. The molecule has 1 aromatic heterocycles. The predicted molar refractivity (Wildman–Crippen MR) is 112 cm³/mol. The molecular weight excluding hydrogens is 370 g/mol. The van der Waals surface area contributed by atoms with Gasteiger partial charge in [-0.25, -0.2) is 0 Å². The van der Waals surface area contributed by atoms with Gasteiger partial charge >= 0.3 is 0 Å². The molecule has 0 spiro atoms. The Labute approximate surface area is 168 Å². The topological polar surface area (TPSA) is 54.9 Å². The quantitative estimate of drug-likeness (QED) is 0.524. The molecule has 0 aliphatic carbocycles. The van der Waals surface area contributed by atoms with Crippen LogP contribution >= 0.6 is 11.6 Å². The Bertz CT molecular complexity index is 1160. The molecule has 28 heavy (non-hydrogen) atoms. The third-order valence-electron chi connectivity index (χ3n) is 4.56. The van der Waals surface area contributed by atoms with Gasteiger partial charge in [0.15, 0.2) is 0 Å². The van der Waals surface area contributed by atoms with E-state index in [0.717, 1.165) is 22.1 Å². The molecule has 0 atom stereocenters. The molecule has 4 rings (SSSR count). The van der Waals surface area contributed by atoms with Gasteiger partial charge in [-0.3, -0.25) is 4.79 Å². The van der Waals surface area contributed by atoms with Gasteiger partial charge in [-0.1, -0.05) is 71.8 Å². The highest BCUT2D eigenvalue weighted by molar-refractivity contribution is 6.30. The smallest absolute Gasteiger partial charge is 0.254 e. The predicted octanol–water partition coefficient (Wildman–Crippen LogP) is 5.19. The van der Waals surface area contributed by atoms with Crippen molar-refractivity contribution in [2.75, 3.05) is 0 Å². The summed E-state index contributed by atoms with van der Waals surface area (Å²) in [6.45, 7) is 2.40. The van der Waals surface area contributed by atoms with Gasteiger partial charge < -0.3 is 5.32 Å². The van der Waals surface area contributed by atoms with Crippen LogP contribution in [0.3, 0.4) is 0 Å². The Morgan fingerprint density at radius 2 is 1.75 bits per heavy atom. The van der Waals surface area contributed by atoms with Crippen molar-refractivity contribution in [3.05, 3.63) is 94.5 Å². The number of carbonyl (C=O) groups excluding carboxylic acids is 1. The molecule has 1 N–H and O–H groups in total. The number of hydrogen-bond acceptors (Lipinski definition) is 3. The van der Waals surface area contributed by atoms with Crippen molar-refractivity contribution in [1.82, 2.24) is 15.5 Å². The maximum atomic E-state index is 13.2. The molecular formula is C23H18ClN3O. The molecule has 0 saturated heterocycles. The summed E-state index contributed by atoms with van der Waals surface area (Å²) in [5, 5.41) is 13.1. The summed E-state index contributed by atoms with van der Waals surface area (Å²) in [4.78, 5) is 13.2. The molecule has 0 saturated carbocycles. The monoisotopic (exact) mass is 387 g/mol. The lowest BCUT2D eigenvalue weighted by Gasteiger charge is -2.12.